The van der Waals surface area contributed by atoms with Gasteiger partial charge in [-0.3, -0.25) is 4.79 Å². The molecule has 29 heavy (non-hydrogen) atoms. The van der Waals surface area contributed by atoms with E-state index in [9.17, 15) is 9.59 Å². The van der Waals surface area contributed by atoms with E-state index < -0.39 is 5.97 Å². The Morgan fingerprint density at radius 2 is 1.55 bits per heavy atom. The molecule has 0 aliphatic heterocycles. The van der Waals surface area contributed by atoms with Gasteiger partial charge in [-0.05, 0) is 59.7 Å². The first-order valence-corrected chi connectivity index (χ1v) is 8.91. The molecule has 1 heterocycles. The predicted octanol–water partition coefficient (Wildman–Crippen LogP) is 4.44. The number of pyridine rings is 1. The average molecular weight is 388 g/mol. The number of hydrogen-bond donors (Lipinski definition) is 1. The third kappa shape index (κ3) is 5.77. The molecule has 0 unspecified atom stereocenters. The summed E-state index contributed by atoms with van der Waals surface area (Å²) in [5.41, 5.74) is 2.29. The molecule has 6 heteroatoms. The standard InChI is InChI=1S/C23H20N2O4/c1-16(26)25-22-15-18(13-14-24-22)4-3-17-5-9-21(10-6-17)29-23(27)19-7-11-20(28-2)12-8-19/h3-15H,1-2H3,(H,24,25,26)/b4-3+. The van der Waals surface area contributed by atoms with Crippen LogP contribution in [0.5, 0.6) is 11.5 Å². The molecule has 146 valence electrons. The van der Waals surface area contributed by atoms with Crippen molar-refractivity contribution >= 4 is 29.8 Å². The summed E-state index contributed by atoms with van der Waals surface area (Å²) < 4.78 is 10.5. The highest BCUT2D eigenvalue weighted by molar-refractivity contribution is 5.91. The first-order valence-electron chi connectivity index (χ1n) is 8.91. The number of carbonyl (C=O) groups excluding carboxylic acids is 2. The largest absolute Gasteiger partial charge is 0.497 e. The van der Waals surface area contributed by atoms with E-state index in [1.54, 1.807) is 55.8 Å². The smallest absolute Gasteiger partial charge is 0.343 e. The number of hydrogen-bond acceptors (Lipinski definition) is 5. The maximum absolute atomic E-state index is 12.2. The molecular weight excluding hydrogens is 368 g/mol. The molecule has 0 bridgehead atoms. The van der Waals surface area contributed by atoms with Crippen LogP contribution < -0.4 is 14.8 Å². The number of benzene rings is 2. The van der Waals surface area contributed by atoms with Crippen LogP contribution in [-0.2, 0) is 4.79 Å². The normalized spacial score (nSPS) is 10.6. The van der Waals surface area contributed by atoms with E-state index in [1.807, 2.05) is 30.4 Å². The van der Waals surface area contributed by atoms with Gasteiger partial charge in [0.1, 0.15) is 17.3 Å². The van der Waals surface area contributed by atoms with Gasteiger partial charge in [0.25, 0.3) is 0 Å². The monoisotopic (exact) mass is 388 g/mol. The fraction of sp³-hybridized carbons (Fsp3) is 0.0870. The number of anilines is 1. The van der Waals surface area contributed by atoms with Crippen molar-refractivity contribution in [3.05, 3.63) is 83.6 Å². The summed E-state index contributed by atoms with van der Waals surface area (Å²) in [4.78, 5) is 27.4. The van der Waals surface area contributed by atoms with E-state index in [0.29, 0.717) is 22.9 Å². The number of ether oxygens (including phenoxy) is 2. The Morgan fingerprint density at radius 1 is 0.897 bits per heavy atom. The predicted molar refractivity (Wildman–Crippen MR) is 112 cm³/mol. The van der Waals surface area contributed by atoms with Crippen molar-refractivity contribution in [1.82, 2.24) is 4.98 Å². The van der Waals surface area contributed by atoms with Crippen LogP contribution >= 0.6 is 0 Å². The first kappa shape index (κ1) is 19.8. The molecule has 0 radical (unpaired) electrons. The molecule has 0 saturated carbocycles. The van der Waals surface area contributed by atoms with E-state index in [0.717, 1.165) is 11.1 Å². The highest BCUT2D eigenvalue weighted by Crippen LogP contribution is 2.18. The van der Waals surface area contributed by atoms with Gasteiger partial charge in [-0.25, -0.2) is 9.78 Å². The molecule has 3 rings (SSSR count). The summed E-state index contributed by atoms with van der Waals surface area (Å²) in [6.07, 6.45) is 5.46. The first-order chi connectivity index (χ1) is 14.0. The number of nitrogens with one attached hydrogen (secondary N) is 1. The van der Waals surface area contributed by atoms with Crippen LogP contribution in [0.15, 0.2) is 66.9 Å². The molecule has 0 aliphatic carbocycles. The molecular formula is C23H20N2O4. The van der Waals surface area contributed by atoms with Crippen molar-refractivity contribution in [2.24, 2.45) is 0 Å². The number of aromatic nitrogens is 1. The zero-order valence-electron chi connectivity index (χ0n) is 16.1. The van der Waals surface area contributed by atoms with E-state index in [2.05, 4.69) is 10.3 Å². The summed E-state index contributed by atoms with van der Waals surface area (Å²) in [6.45, 7) is 1.44. The highest BCUT2D eigenvalue weighted by atomic mass is 16.5. The Labute approximate surface area is 168 Å². The van der Waals surface area contributed by atoms with E-state index in [-0.39, 0.29) is 5.91 Å². The van der Waals surface area contributed by atoms with Crippen molar-refractivity contribution < 1.29 is 19.1 Å². The lowest BCUT2D eigenvalue weighted by Gasteiger charge is -2.05. The number of amides is 1. The van der Waals surface area contributed by atoms with E-state index in [1.165, 1.54) is 6.92 Å². The van der Waals surface area contributed by atoms with Gasteiger partial charge in [0.15, 0.2) is 0 Å². The lowest BCUT2D eigenvalue weighted by atomic mass is 10.1. The van der Waals surface area contributed by atoms with E-state index in [4.69, 9.17) is 9.47 Å². The maximum Gasteiger partial charge on any atom is 0.343 e. The summed E-state index contributed by atoms with van der Waals surface area (Å²) in [6, 6.07) is 17.5. The van der Waals surface area contributed by atoms with E-state index >= 15 is 0 Å². The van der Waals surface area contributed by atoms with Crippen LogP contribution in [0.1, 0.15) is 28.4 Å². The van der Waals surface area contributed by atoms with Crippen LogP contribution in [0.3, 0.4) is 0 Å². The molecule has 0 fully saturated rings. The van der Waals surface area contributed by atoms with Crippen molar-refractivity contribution in [3.63, 3.8) is 0 Å². The van der Waals surface area contributed by atoms with Crippen LogP contribution in [0.25, 0.3) is 12.2 Å². The zero-order valence-corrected chi connectivity index (χ0v) is 16.1. The average Bonchev–Trinajstić information content (AvgIpc) is 2.73. The quantitative estimate of drug-likeness (QED) is 0.499. The van der Waals surface area contributed by atoms with Crippen molar-refractivity contribution in [2.75, 3.05) is 12.4 Å². The fourth-order valence-corrected chi connectivity index (χ4v) is 2.53. The summed E-state index contributed by atoms with van der Waals surface area (Å²) in [7, 11) is 1.57. The highest BCUT2D eigenvalue weighted by Gasteiger charge is 2.08. The second-order valence-corrected chi connectivity index (χ2v) is 6.18. The lowest BCUT2D eigenvalue weighted by Crippen LogP contribution is -2.08. The second-order valence-electron chi connectivity index (χ2n) is 6.18. The summed E-state index contributed by atoms with van der Waals surface area (Å²) in [5.74, 6) is 1.04. The summed E-state index contributed by atoms with van der Waals surface area (Å²) in [5, 5.41) is 2.65. The Morgan fingerprint density at radius 3 is 2.21 bits per heavy atom. The number of carbonyl (C=O) groups is 2. The fourth-order valence-electron chi connectivity index (χ4n) is 2.53. The molecule has 1 aromatic heterocycles. The Kier molecular flexibility index (Phi) is 6.37. The van der Waals surface area contributed by atoms with Crippen LogP contribution in [0.4, 0.5) is 5.82 Å². The van der Waals surface area contributed by atoms with Gasteiger partial charge in [-0.2, -0.15) is 0 Å². The number of esters is 1. The minimum absolute atomic E-state index is 0.168. The van der Waals surface area contributed by atoms with Gasteiger partial charge >= 0.3 is 5.97 Å². The molecule has 2 aromatic carbocycles. The molecule has 0 aliphatic rings. The molecule has 1 amide bonds. The second kappa shape index (κ2) is 9.32. The molecule has 6 nitrogen and oxygen atoms in total. The summed E-state index contributed by atoms with van der Waals surface area (Å²) >= 11 is 0. The zero-order chi connectivity index (χ0) is 20.6. The van der Waals surface area contributed by atoms with Crippen molar-refractivity contribution in [1.29, 1.82) is 0 Å². The van der Waals surface area contributed by atoms with Crippen molar-refractivity contribution in [2.45, 2.75) is 6.92 Å². The molecule has 1 N–H and O–H groups in total. The molecule has 3 aromatic rings. The SMILES string of the molecule is COc1ccc(C(=O)Oc2ccc(/C=C/c3ccnc(NC(C)=O)c3)cc2)cc1. The van der Waals surface area contributed by atoms with Gasteiger partial charge in [0.2, 0.25) is 5.91 Å². The molecule has 0 atom stereocenters. The van der Waals surface area contributed by atoms with Crippen LogP contribution in [0.2, 0.25) is 0 Å². The topological polar surface area (TPSA) is 77.5 Å². The van der Waals surface area contributed by atoms with Gasteiger partial charge < -0.3 is 14.8 Å². The molecule has 0 saturated heterocycles. The van der Waals surface area contributed by atoms with Gasteiger partial charge in [0, 0.05) is 13.1 Å². The molecule has 0 spiro atoms. The Hall–Kier alpha value is -3.93. The lowest BCUT2D eigenvalue weighted by molar-refractivity contribution is -0.114. The minimum Gasteiger partial charge on any atom is -0.497 e. The van der Waals surface area contributed by atoms with Crippen LogP contribution in [0, 0.1) is 0 Å². The Bertz CT molecular complexity index is 1030. The third-order valence-electron chi connectivity index (χ3n) is 3.97. The van der Waals surface area contributed by atoms with Crippen molar-refractivity contribution in [3.8, 4) is 11.5 Å². The minimum atomic E-state index is -0.432. The number of rotatable bonds is 6. The van der Waals surface area contributed by atoms with Gasteiger partial charge in [-0.15, -0.1) is 0 Å². The Balaban J connectivity index is 1.63. The number of methoxy groups -OCH3 is 1. The van der Waals surface area contributed by atoms with Gasteiger partial charge in [0.05, 0.1) is 12.7 Å². The number of nitrogens with zero attached hydrogens (tertiary/aromatic N) is 1. The van der Waals surface area contributed by atoms with Crippen LogP contribution in [-0.4, -0.2) is 24.0 Å². The maximum atomic E-state index is 12.2. The third-order valence-corrected chi connectivity index (χ3v) is 3.97. The van der Waals surface area contributed by atoms with Gasteiger partial charge in [-0.1, -0.05) is 24.3 Å².